The summed E-state index contributed by atoms with van der Waals surface area (Å²) in [5.74, 6) is 0.275. The molecule has 0 aromatic rings. The Morgan fingerprint density at radius 2 is 1.50 bits per heavy atom. The van der Waals surface area contributed by atoms with Crippen molar-refractivity contribution in [3.05, 3.63) is 0 Å². The molecule has 3 nitrogen and oxygen atoms in total. The van der Waals surface area contributed by atoms with Crippen molar-refractivity contribution in [3.8, 4) is 0 Å². The molecule has 0 unspecified atom stereocenters. The highest BCUT2D eigenvalue weighted by Gasteiger charge is 2.20. The summed E-state index contributed by atoms with van der Waals surface area (Å²) in [4.78, 5) is 0. The van der Waals surface area contributed by atoms with E-state index in [9.17, 15) is 8.42 Å². The van der Waals surface area contributed by atoms with Gasteiger partial charge < -0.3 is 5.32 Å². The lowest BCUT2D eigenvalue weighted by atomic mass is 9.89. The SMILES string of the molecule is CC(C)(C)CNCC(C)(C)CCS(C)(=O)=O. The Hall–Kier alpha value is -0.0900. The van der Waals surface area contributed by atoms with Gasteiger partial charge in [-0.1, -0.05) is 34.6 Å². The van der Waals surface area contributed by atoms with E-state index in [1.54, 1.807) is 0 Å². The molecule has 0 aliphatic heterocycles. The molecule has 0 fully saturated rings. The summed E-state index contributed by atoms with van der Waals surface area (Å²) in [5.41, 5.74) is 0.307. The fourth-order valence-corrected chi connectivity index (χ4v) is 2.25. The minimum atomic E-state index is -2.84. The highest BCUT2D eigenvalue weighted by molar-refractivity contribution is 7.90. The lowest BCUT2D eigenvalue weighted by molar-refractivity contribution is 0.294. The molecule has 0 aromatic heterocycles. The minimum Gasteiger partial charge on any atom is -0.316 e. The second-order valence-electron chi connectivity index (χ2n) is 6.71. The molecular formula is C12H27NO2S. The van der Waals surface area contributed by atoms with Gasteiger partial charge in [0.25, 0.3) is 0 Å². The van der Waals surface area contributed by atoms with E-state index in [1.165, 1.54) is 6.26 Å². The van der Waals surface area contributed by atoms with E-state index in [2.05, 4.69) is 39.9 Å². The maximum atomic E-state index is 11.1. The first kappa shape index (κ1) is 15.9. The van der Waals surface area contributed by atoms with Gasteiger partial charge in [-0.25, -0.2) is 8.42 Å². The first-order valence-electron chi connectivity index (χ1n) is 5.80. The van der Waals surface area contributed by atoms with E-state index in [4.69, 9.17) is 0 Å². The van der Waals surface area contributed by atoms with Crippen molar-refractivity contribution in [1.82, 2.24) is 5.32 Å². The fourth-order valence-electron chi connectivity index (χ4n) is 1.33. The van der Waals surface area contributed by atoms with Gasteiger partial charge in [0.2, 0.25) is 0 Å². The summed E-state index contributed by atoms with van der Waals surface area (Å²) in [5, 5.41) is 3.41. The number of rotatable bonds is 6. The molecule has 0 aliphatic rings. The standard InChI is InChI=1S/C12H27NO2S/c1-11(2,3)9-13-10-12(4,5)7-8-16(6,14)15/h13H,7-10H2,1-6H3. The number of hydrogen-bond acceptors (Lipinski definition) is 3. The van der Waals surface area contributed by atoms with Crippen molar-refractivity contribution in [3.63, 3.8) is 0 Å². The third-order valence-electron chi connectivity index (χ3n) is 2.41. The normalized spacial score (nSPS) is 14.1. The fraction of sp³-hybridized carbons (Fsp3) is 1.00. The van der Waals surface area contributed by atoms with Crippen LogP contribution >= 0.6 is 0 Å². The molecule has 0 heterocycles. The summed E-state index contributed by atoms with van der Waals surface area (Å²) < 4.78 is 22.2. The maximum Gasteiger partial charge on any atom is 0.147 e. The first-order valence-corrected chi connectivity index (χ1v) is 7.86. The highest BCUT2D eigenvalue weighted by atomic mass is 32.2. The van der Waals surface area contributed by atoms with Crippen molar-refractivity contribution < 1.29 is 8.42 Å². The van der Waals surface area contributed by atoms with Gasteiger partial charge >= 0.3 is 0 Å². The Bertz CT molecular complexity index is 299. The van der Waals surface area contributed by atoms with Gasteiger partial charge in [-0.15, -0.1) is 0 Å². The largest absolute Gasteiger partial charge is 0.316 e. The molecule has 0 atom stereocenters. The molecule has 0 spiro atoms. The average molecular weight is 249 g/mol. The van der Waals surface area contributed by atoms with Crippen LogP contribution in [0, 0.1) is 10.8 Å². The van der Waals surface area contributed by atoms with Crippen LogP contribution in [0.2, 0.25) is 0 Å². The molecule has 98 valence electrons. The van der Waals surface area contributed by atoms with E-state index >= 15 is 0 Å². The van der Waals surface area contributed by atoms with Crippen molar-refractivity contribution in [2.24, 2.45) is 10.8 Å². The van der Waals surface area contributed by atoms with Gasteiger partial charge in [0.15, 0.2) is 0 Å². The number of hydrogen-bond donors (Lipinski definition) is 1. The second kappa shape index (κ2) is 5.50. The van der Waals surface area contributed by atoms with Crippen LogP contribution in [0.4, 0.5) is 0 Å². The summed E-state index contributed by atoms with van der Waals surface area (Å²) in [6.45, 7) is 12.6. The monoisotopic (exact) mass is 249 g/mol. The molecule has 0 saturated carbocycles. The molecule has 0 aliphatic carbocycles. The molecule has 0 rings (SSSR count). The van der Waals surface area contributed by atoms with E-state index in [0.29, 0.717) is 6.42 Å². The Kier molecular flexibility index (Phi) is 5.47. The van der Waals surface area contributed by atoms with E-state index in [0.717, 1.165) is 13.1 Å². The van der Waals surface area contributed by atoms with Crippen LogP contribution in [-0.2, 0) is 9.84 Å². The summed E-state index contributed by atoms with van der Waals surface area (Å²) in [6.07, 6.45) is 2.01. The molecule has 0 amide bonds. The van der Waals surface area contributed by atoms with Crippen molar-refractivity contribution in [2.75, 3.05) is 25.1 Å². The third-order valence-corrected chi connectivity index (χ3v) is 3.35. The lowest BCUT2D eigenvalue weighted by Gasteiger charge is -2.27. The minimum absolute atomic E-state index is 0.0360. The second-order valence-corrected chi connectivity index (χ2v) is 8.97. The predicted molar refractivity (Wildman–Crippen MR) is 70.4 cm³/mol. The third kappa shape index (κ3) is 10.4. The van der Waals surface area contributed by atoms with Gasteiger partial charge in [-0.3, -0.25) is 0 Å². The first-order chi connectivity index (χ1) is 6.91. The molecular weight excluding hydrogens is 222 g/mol. The predicted octanol–water partition coefficient (Wildman–Crippen LogP) is 2.08. The Morgan fingerprint density at radius 3 is 1.88 bits per heavy atom. The lowest BCUT2D eigenvalue weighted by Crippen LogP contribution is -2.35. The van der Waals surface area contributed by atoms with Crippen LogP contribution in [0.15, 0.2) is 0 Å². The van der Waals surface area contributed by atoms with Gasteiger partial charge in [-0.05, 0) is 17.3 Å². The number of sulfone groups is 1. The molecule has 0 saturated heterocycles. The zero-order chi connectivity index (χ0) is 13.0. The van der Waals surface area contributed by atoms with Crippen LogP contribution < -0.4 is 5.32 Å². The summed E-state index contributed by atoms with van der Waals surface area (Å²) >= 11 is 0. The Balaban J connectivity index is 3.97. The van der Waals surface area contributed by atoms with E-state index in [-0.39, 0.29) is 16.6 Å². The van der Waals surface area contributed by atoms with Gasteiger partial charge in [0, 0.05) is 19.3 Å². The van der Waals surface area contributed by atoms with Crippen molar-refractivity contribution in [1.29, 1.82) is 0 Å². The average Bonchev–Trinajstić information content (AvgIpc) is 1.97. The van der Waals surface area contributed by atoms with Crippen molar-refractivity contribution >= 4 is 9.84 Å². The van der Waals surface area contributed by atoms with Crippen LogP contribution in [0.1, 0.15) is 41.0 Å². The Morgan fingerprint density at radius 1 is 1.00 bits per heavy atom. The molecule has 1 N–H and O–H groups in total. The van der Waals surface area contributed by atoms with Crippen LogP contribution in [0.5, 0.6) is 0 Å². The summed E-state index contributed by atoms with van der Waals surface area (Å²) in [7, 11) is -2.84. The Labute approximate surface area is 101 Å². The molecule has 0 radical (unpaired) electrons. The van der Waals surface area contributed by atoms with Gasteiger partial charge in [-0.2, -0.15) is 0 Å². The van der Waals surface area contributed by atoms with E-state index in [1.807, 2.05) is 0 Å². The molecule has 0 aromatic carbocycles. The van der Waals surface area contributed by atoms with Crippen molar-refractivity contribution in [2.45, 2.75) is 41.0 Å². The topological polar surface area (TPSA) is 46.2 Å². The van der Waals surface area contributed by atoms with Crippen LogP contribution in [-0.4, -0.2) is 33.5 Å². The van der Waals surface area contributed by atoms with Gasteiger partial charge in [0.1, 0.15) is 9.84 Å². The number of nitrogens with one attached hydrogen (secondary N) is 1. The zero-order valence-corrected chi connectivity index (χ0v) is 12.4. The molecule has 4 heteroatoms. The smallest absolute Gasteiger partial charge is 0.147 e. The highest BCUT2D eigenvalue weighted by Crippen LogP contribution is 2.20. The zero-order valence-electron chi connectivity index (χ0n) is 11.6. The molecule has 0 bridgehead atoms. The van der Waals surface area contributed by atoms with Crippen LogP contribution in [0.3, 0.4) is 0 Å². The van der Waals surface area contributed by atoms with Crippen LogP contribution in [0.25, 0.3) is 0 Å². The summed E-state index contributed by atoms with van der Waals surface area (Å²) in [6, 6.07) is 0. The molecule has 16 heavy (non-hydrogen) atoms. The van der Waals surface area contributed by atoms with Gasteiger partial charge in [0.05, 0.1) is 5.75 Å². The van der Waals surface area contributed by atoms with E-state index < -0.39 is 9.84 Å². The maximum absolute atomic E-state index is 11.1. The quantitative estimate of drug-likeness (QED) is 0.784.